The highest BCUT2D eigenvalue weighted by Crippen LogP contribution is 2.30. The van der Waals surface area contributed by atoms with Gasteiger partial charge in [0.05, 0.1) is 10.2 Å². The maximum Gasteiger partial charge on any atom is 0.151 e. The third kappa shape index (κ3) is 3.17. The van der Waals surface area contributed by atoms with Crippen LogP contribution in [0.25, 0.3) is 10.2 Å². The van der Waals surface area contributed by atoms with Gasteiger partial charge in [-0.3, -0.25) is 0 Å². The molecule has 0 radical (unpaired) electrons. The number of hydrogen-bond donors (Lipinski definition) is 1. The molecule has 0 amide bonds. The SMILES string of the molecule is Cc1csc2c(Nc3cccc(CCCCl)c3)ncnc12. The number of nitrogens with one attached hydrogen (secondary N) is 1. The van der Waals surface area contributed by atoms with Crippen molar-refractivity contribution in [1.29, 1.82) is 0 Å². The van der Waals surface area contributed by atoms with Crippen LogP contribution < -0.4 is 5.32 Å². The number of halogens is 1. The van der Waals surface area contributed by atoms with E-state index in [1.165, 1.54) is 11.1 Å². The van der Waals surface area contributed by atoms with Gasteiger partial charge in [0.1, 0.15) is 6.33 Å². The molecule has 0 atom stereocenters. The normalized spacial score (nSPS) is 11.0. The molecule has 1 aromatic carbocycles. The van der Waals surface area contributed by atoms with Crippen LogP contribution in [0.5, 0.6) is 0 Å². The zero-order valence-corrected chi connectivity index (χ0v) is 13.3. The number of aryl methyl sites for hydroxylation is 2. The number of alkyl halides is 1. The Labute approximate surface area is 133 Å². The van der Waals surface area contributed by atoms with Gasteiger partial charge in [-0.25, -0.2) is 9.97 Å². The van der Waals surface area contributed by atoms with Gasteiger partial charge in [0, 0.05) is 11.6 Å². The Kier molecular flexibility index (Phi) is 4.36. The fraction of sp³-hybridized carbons (Fsp3) is 0.250. The van der Waals surface area contributed by atoms with Gasteiger partial charge in [0.2, 0.25) is 0 Å². The lowest BCUT2D eigenvalue weighted by molar-refractivity contribution is 0.929. The number of benzene rings is 1. The Morgan fingerprint density at radius 3 is 3.05 bits per heavy atom. The lowest BCUT2D eigenvalue weighted by atomic mass is 10.1. The van der Waals surface area contributed by atoms with E-state index in [1.807, 2.05) is 0 Å². The van der Waals surface area contributed by atoms with Crippen molar-refractivity contribution in [2.75, 3.05) is 11.2 Å². The third-order valence-corrected chi connectivity index (χ3v) is 4.68. The van der Waals surface area contributed by atoms with Gasteiger partial charge < -0.3 is 5.32 Å². The van der Waals surface area contributed by atoms with E-state index in [1.54, 1.807) is 17.7 Å². The first-order valence-electron chi connectivity index (χ1n) is 6.88. The number of aromatic nitrogens is 2. The highest BCUT2D eigenvalue weighted by Gasteiger charge is 2.08. The molecule has 0 saturated heterocycles. The van der Waals surface area contributed by atoms with E-state index in [2.05, 4.69) is 51.9 Å². The number of nitrogens with zero attached hydrogens (tertiary/aromatic N) is 2. The van der Waals surface area contributed by atoms with Gasteiger partial charge >= 0.3 is 0 Å². The number of hydrogen-bond acceptors (Lipinski definition) is 4. The van der Waals surface area contributed by atoms with Crippen LogP contribution in [0, 0.1) is 6.92 Å². The van der Waals surface area contributed by atoms with Gasteiger partial charge in [-0.2, -0.15) is 0 Å². The van der Waals surface area contributed by atoms with Crippen LogP contribution in [0.15, 0.2) is 36.0 Å². The van der Waals surface area contributed by atoms with Crippen LogP contribution in [0.4, 0.5) is 11.5 Å². The molecule has 3 nitrogen and oxygen atoms in total. The second-order valence-electron chi connectivity index (χ2n) is 4.94. The molecule has 5 heteroatoms. The Hall–Kier alpha value is -1.65. The summed E-state index contributed by atoms with van der Waals surface area (Å²) in [7, 11) is 0. The monoisotopic (exact) mass is 317 g/mol. The zero-order chi connectivity index (χ0) is 14.7. The summed E-state index contributed by atoms with van der Waals surface area (Å²) in [4.78, 5) is 8.72. The summed E-state index contributed by atoms with van der Waals surface area (Å²) < 4.78 is 1.10. The van der Waals surface area contributed by atoms with E-state index < -0.39 is 0 Å². The van der Waals surface area contributed by atoms with Crippen molar-refractivity contribution in [3.63, 3.8) is 0 Å². The minimum atomic E-state index is 0.693. The minimum Gasteiger partial charge on any atom is -0.339 e. The fourth-order valence-corrected chi connectivity index (χ4v) is 3.35. The topological polar surface area (TPSA) is 37.8 Å². The number of fused-ring (bicyclic) bond motifs is 1. The Bertz CT molecular complexity index is 754. The summed E-state index contributed by atoms with van der Waals surface area (Å²) in [5, 5.41) is 5.52. The van der Waals surface area contributed by atoms with Crippen molar-refractivity contribution in [2.24, 2.45) is 0 Å². The zero-order valence-electron chi connectivity index (χ0n) is 11.8. The van der Waals surface area contributed by atoms with Crippen molar-refractivity contribution < 1.29 is 0 Å². The quantitative estimate of drug-likeness (QED) is 0.679. The molecule has 0 aliphatic rings. The Morgan fingerprint density at radius 2 is 2.19 bits per heavy atom. The van der Waals surface area contributed by atoms with E-state index in [0.29, 0.717) is 5.88 Å². The van der Waals surface area contributed by atoms with E-state index in [9.17, 15) is 0 Å². The molecule has 0 bridgehead atoms. The number of rotatable bonds is 5. The van der Waals surface area contributed by atoms with Gasteiger partial charge in [-0.1, -0.05) is 12.1 Å². The molecule has 2 aromatic heterocycles. The molecule has 108 valence electrons. The average Bonchev–Trinajstić information content (AvgIpc) is 2.88. The van der Waals surface area contributed by atoms with Gasteiger partial charge in [-0.15, -0.1) is 22.9 Å². The molecule has 1 N–H and O–H groups in total. The van der Waals surface area contributed by atoms with Crippen molar-refractivity contribution in [3.8, 4) is 0 Å². The van der Waals surface area contributed by atoms with Crippen molar-refractivity contribution in [3.05, 3.63) is 47.1 Å². The second-order valence-corrected chi connectivity index (χ2v) is 6.19. The predicted molar refractivity (Wildman–Crippen MR) is 90.9 cm³/mol. The standard InChI is InChI=1S/C16H16ClN3S/c1-11-9-21-15-14(11)18-10-19-16(15)20-13-6-2-4-12(8-13)5-3-7-17/h2,4,6,8-10H,3,5,7H2,1H3,(H,18,19,20). The summed E-state index contributed by atoms with van der Waals surface area (Å²) in [6.07, 6.45) is 3.60. The van der Waals surface area contributed by atoms with Crippen LogP contribution in [-0.2, 0) is 6.42 Å². The van der Waals surface area contributed by atoms with E-state index in [-0.39, 0.29) is 0 Å². The molecule has 0 aliphatic heterocycles. The molecular formula is C16H16ClN3S. The van der Waals surface area contributed by atoms with Crippen LogP contribution in [-0.4, -0.2) is 15.8 Å². The van der Waals surface area contributed by atoms with E-state index in [0.717, 1.165) is 34.6 Å². The molecule has 0 spiro atoms. The molecule has 0 saturated carbocycles. The van der Waals surface area contributed by atoms with Crippen molar-refractivity contribution in [1.82, 2.24) is 9.97 Å². The summed E-state index contributed by atoms with van der Waals surface area (Å²) in [6.45, 7) is 2.07. The van der Waals surface area contributed by atoms with Crippen molar-refractivity contribution in [2.45, 2.75) is 19.8 Å². The molecular weight excluding hydrogens is 302 g/mol. The smallest absolute Gasteiger partial charge is 0.151 e. The fourth-order valence-electron chi connectivity index (χ4n) is 2.27. The molecule has 0 unspecified atom stereocenters. The predicted octanol–water partition coefficient (Wildman–Crippen LogP) is 4.91. The maximum atomic E-state index is 5.76. The Morgan fingerprint density at radius 1 is 1.29 bits per heavy atom. The molecule has 0 fully saturated rings. The first-order valence-corrected chi connectivity index (χ1v) is 8.30. The first kappa shape index (κ1) is 14.3. The number of anilines is 2. The first-order chi connectivity index (χ1) is 10.3. The van der Waals surface area contributed by atoms with E-state index in [4.69, 9.17) is 11.6 Å². The minimum absolute atomic E-state index is 0.693. The highest BCUT2D eigenvalue weighted by atomic mass is 35.5. The van der Waals surface area contributed by atoms with Gasteiger partial charge in [0.15, 0.2) is 5.82 Å². The Balaban J connectivity index is 1.88. The molecule has 3 rings (SSSR count). The second kappa shape index (κ2) is 6.41. The number of thiophene rings is 1. The van der Waals surface area contributed by atoms with E-state index >= 15 is 0 Å². The molecule has 3 aromatic rings. The van der Waals surface area contributed by atoms with Crippen LogP contribution in [0.3, 0.4) is 0 Å². The van der Waals surface area contributed by atoms with Crippen LogP contribution >= 0.6 is 22.9 Å². The molecule has 21 heavy (non-hydrogen) atoms. The third-order valence-electron chi connectivity index (χ3n) is 3.32. The van der Waals surface area contributed by atoms with Crippen LogP contribution in [0.1, 0.15) is 17.5 Å². The van der Waals surface area contributed by atoms with Gasteiger partial charge in [-0.05, 0) is 48.4 Å². The summed E-state index contributed by atoms with van der Waals surface area (Å²) in [5.74, 6) is 1.56. The largest absolute Gasteiger partial charge is 0.339 e. The van der Waals surface area contributed by atoms with Crippen LogP contribution in [0.2, 0.25) is 0 Å². The summed E-state index contributed by atoms with van der Waals surface area (Å²) in [5.41, 5.74) is 4.55. The lowest BCUT2D eigenvalue weighted by Gasteiger charge is -2.08. The summed E-state index contributed by atoms with van der Waals surface area (Å²) in [6, 6.07) is 8.39. The highest BCUT2D eigenvalue weighted by molar-refractivity contribution is 7.18. The molecule has 0 aliphatic carbocycles. The maximum absolute atomic E-state index is 5.76. The van der Waals surface area contributed by atoms with Crippen molar-refractivity contribution >= 4 is 44.7 Å². The lowest BCUT2D eigenvalue weighted by Crippen LogP contribution is -1.96. The van der Waals surface area contributed by atoms with Gasteiger partial charge in [0.25, 0.3) is 0 Å². The average molecular weight is 318 g/mol. The molecule has 2 heterocycles. The summed E-state index contributed by atoms with van der Waals surface area (Å²) >= 11 is 7.43.